The Morgan fingerprint density at radius 1 is 1.19 bits per heavy atom. The average Bonchev–Trinajstić information content (AvgIpc) is 3.45. The second-order valence-electron chi connectivity index (χ2n) is 11.1. The van der Waals surface area contributed by atoms with Crippen LogP contribution in [0.25, 0.3) is 0 Å². The molecule has 9 heteroatoms. The van der Waals surface area contributed by atoms with E-state index in [1.54, 1.807) is 4.90 Å². The van der Waals surface area contributed by atoms with Crippen molar-refractivity contribution in [2.24, 2.45) is 5.41 Å². The van der Waals surface area contributed by atoms with Crippen molar-refractivity contribution in [2.75, 3.05) is 27.3 Å². The van der Waals surface area contributed by atoms with Gasteiger partial charge in [-0.3, -0.25) is 4.90 Å². The first kappa shape index (κ1) is 24.3. The summed E-state index contributed by atoms with van der Waals surface area (Å²) < 4.78 is 12.3. The number of rotatable bonds is 6. The van der Waals surface area contributed by atoms with Gasteiger partial charge in [-0.15, -0.1) is 0 Å². The standard InChI is InChI=1S/C28H37N5O4/c1-18-29-22-17-31(27(35)37-3)13-11-23(22)33(18)20-15-25-28(16-20)12-9-24(28)32(25)14-10-21(30-26(34)36-2)19-7-5-4-6-8-19/h4-8,20-21,24-25H,9-17H2,1-3H3,(H,30,34)/t20?,21-,24?,25?,28?/m0/s1. The number of hydrogen-bond acceptors (Lipinski definition) is 6. The number of alkyl carbamates (subject to hydrolysis) is 1. The van der Waals surface area contributed by atoms with Crippen molar-refractivity contribution < 1.29 is 19.1 Å². The van der Waals surface area contributed by atoms with Crippen molar-refractivity contribution >= 4 is 12.2 Å². The largest absolute Gasteiger partial charge is 0.453 e. The number of nitrogens with zero attached hydrogens (tertiary/aromatic N) is 4. The first-order valence-corrected chi connectivity index (χ1v) is 13.5. The van der Waals surface area contributed by atoms with Gasteiger partial charge in [0.15, 0.2) is 0 Å². The van der Waals surface area contributed by atoms with Gasteiger partial charge in [0.05, 0.1) is 32.5 Å². The molecule has 6 rings (SSSR count). The first-order chi connectivity index (χ1) is 17.9. The van der Waals surface area contributed by atoms with Crippen LogP contribution in [0, 0.1) is 12.3 Å². The lowest BCUT2D eigenvalue weighted by Gasteiger charge is -2.68. The van der Waals surface area contributed by atoms with Crippen LogP contribution in [-0.4, -0.2) is 70.9 Å². The predicted octanol–water partition coefficient (Wildman–Crippen LogP) is 3.97. The molecule has 5 atom stereocenters. The number of aryl methyl sites for hydroxylation is 1. The van der Waals surface area contributed by atoms with Crippen molar-refractivity contribution in [1.29, 1.82) is 0 Å². The molecule has 1 aromatic carbocycles. The normalized spacial score (nSPS) is 28.7. The van der Waals surface area contributed by atoms with Crippen molar-refractivity contribution in [1.82, 2.24) is 24.7 Å². The molecular formula is C28H37N5O4. The van der Waals surface area contributed by atoms with Crippen LogP contribution in [0.2, 0.25) is 0 Å². The minimum atomic E-state index is -0.387. The Morgan fingerprint density at radius 2 is 2.00 bits per heavy atom. The maximum absolute atomic E-state index is 12.1. The van der Waals surface area contributed by atoms with E-state index < -0.39 is 0 Å². The van der Waals surface area contributed by atoms with Crippen LogP contribution in [0.5, 0.6) is 0 Å². The van der Waals surface area contributed by atoms with E-state index in [0.717, 1.165) is 42.9 Å². The van der Waals surface area contributed by atoms with E-state index in [0.29, 0.717) is 36.6 Å². The van der Waals surface area contributed by atoms with Crippen LogP contribution in [0.4, 0.5) is 9.59 Å². The molecule has 0 bridgehead atoms. The van der Waals surface area contributed by atoms with E-state index in [4.69, 9.17) is 14.5 Å². The van der Waals surface area contributed by atoms with Crippen LogP contribution < -0.4 is 5.32 Å². The zero-order valence-electron chi connectivity index (χ0n) is 22.0. The van der Waals surface area contributed by atoms with Gasteiger partial charge >= 0.3 is 12.2 Å². The highest BCUT2D eigenvalue weighted by molar-refractivity contribution is 5.68. The lowest BCUT2D eigenvalue weighted by Crippen LogP contribution is -2.74. The van der Waals surface area contributed by atoms with Gasteiger partial charge in [0, 0.05) is 48.7 Å². The molecule has 198 valence electrons. The van der Waals surface area contributed by atoms with Gasteiger partial charge in [-0.2, -0.15) is 0 Å². The Morgan fingerprint density at radius 3 is 2.70 bits per heavy atom. The second kappa shape index (κ2) is 9.35. The molecule has 3 heterocycles. The molecule has 9 nitrogen and oxygen atoms in total. The molecule has 4 unspecified atom stereocenters. The molecule has 37 heavy (non-hydrogen) atoms. The minimum Gasteiger partial charge on any atom is -0.453 e. The number of fused-ring (bicyclic) bond motifs is 1. The fraction of sp³-hybridized carbons (Fsp3) is 0.607. The SMILES string of the molecule is COC(=O)N[C@@H](CCN1C2CCC23CC(n2c(C)nc4c2CCN(C(=O)OC)C4)CC13)c1ccccc1. The molecular weight excluding hydrogens is 470 g/mol. The summed E-state index contributed by atoms with van der Waals surface area (Å²) in [5.41, 5.74) is 3.86. The van der Waals surface area contributed by atoms with E-state index in [2.05, 4.69) is 33.8 Å². The number of likely N-dealkylation sites (tertiary alicyclic amines) is 1. The van der Waals surface area contributed by atoms with Gasteiger partial charge in [0.2, 0.25) is 0 Å². The van der Waals surface area contributed by atoms with Crippen molar-refractivity contribution in [2.45, 2.75) is 76.2 Å². The Balaban J connectivity index is 1.16. The number of carbonyl (C=O) groups is 2. The summed E-state index contributed by atoms with van der Waals surface area (Å²) >= 11 is 0. The zero-order valence-corrected chi connectivity index (χ0v) is 22.0. The van der Waals surface area contributed by atoms with Gasteiger partial charge in [0.25, 0.3) is 0 Å². The third-order valence-electron chi connectivity index (χ3n) is 9.50. The zero-order chi connectivity index (χ0) is 25.7. The maximum atomic E-state index is 12.1. The lowest BCUT2D eigenvalue weighted by molar-refractivity contribution is -0.188. The number of benzene rings is 1. The van der Waals surface area contributed by atoms with E-state index >= 15 is 0 Å². The summed E-state index contributed by atoms with van der Waals surface area (Å²) in [6.07, 6.45) is 5.94. The quantitative estimate of drug-likeness (QED) is 0.637. The van der Waals surface area contributed by atoms with E-state index in [1.807, 2.05) is 18.2 Å². The molecule has 2 aliphatic heterocycles. The number of carbonyl (C=O) groups excluding carboxylic acids is 2. The number of hydrogen-bond donors (Lipinski definition) is 1. The molecule has 1 spiro atoms. The van der Waals surface area contributed by atoms with E-state index in [1.165, 1.54) is 39.2 Å². The molecule has 4 aliphatic rings. The Kier molecular flexibility index (Phi) is 6.13. The van der Waals surface area contributed by atoms with Crippen LogP contribution in [0.15, 0.2) is 30.3 Å². The number of nitrogens with one attached hydrogen (secondary N) is 1. The van der Waals surface area contributed by atoms with Gasteiger partial charge in [-0.05, 0) is 44.6 Å². The molecule has 2 aromatic rings. The highest BCUT2D eigenvalue weighted by atomic mass is 16.5. The van der Waals surface area contributed by atoms with Crippen LogP contribution in [0.3, 0.4) is 0 Å². The minimum absolute atomic E-state index is 0.0680. The summed E-state index contributed by atoms with van der Waals surface area (Å²) in [6, 6.07) is 11.8. The second-order valence-corrected chi connectivity index (χ2v) is 11.1. The topological polar surface area (TPSA) is 88.9 Å². The number of methoxy groups -OCH3 is 2. The molecule has 1 aromatic heterocycles. The van der Waals surface area contributed by atoms with E-state index in [9.17, 15) is 9.59 Å². The van der Waals surface area contributed by atoms with Crippen LogP contribution >= 0.6 is 0 Å². The van der Waals surface area contributed by atoms with Crippen molar-refractivity contribution in [3.8, 4) is 0 Å². The van der Waals surface area contributed by atoms with Gasteiger partial charge in [-0.1, -0.05) is 30.3 Å². The first-order valence-electron chi connectivity index (χ1n) is 13.5. The maximum Gasteiger partial charge on any atom is 0.409 e. The smallest absolute Gasteiger partial charge is 0.409 e. The third kappa shape index (κ3) is 3.90. The summed E-state index contributed by atoms with van der Waals surface area (Å²) in [5.74, 6) is 1.06. The summed E-state index contributed by atoms with van der Waals surface area (Å²) in [4.78, 5) is 33.4. The number of aromatic nitrogens is 2. The number of piperidine rings is 1. The Bertz CT molecular complexity index is 1180. The molecule has 1 N–H and O–H groups in total. The fourth-order valence-electron chi connectivity index (χ4n) is 7.82. The van der Waals surface area contributed by atoms with Crippen LogP contribution in [-0.2, 0) is 22.4 Å². The molecule has 3 fully saturated rings. The molecule has 1 saturated heterocycles. The lowest BCUT2D eigenvalue weighted by atomic mass is 9.53. The predicted molar refractivity (Wildman–Crippen MR) is 137 cm³/mol. The Labute approximate surface area is 218 Å². The highest BCUT2D eigenvalue weighted by Gasteiger charge is 2.69. The van der Waals surface area contributed by atoms with Gasteiger partial charge in [0.1, 0.15) is 5.82 Å². The Hall–Kier alpha value is -3.07. The van der Waals surface area contributed by atoms with Crippen molar-refractivity contribution in [3.63, 3.8) is 0 Å². The number of ether oxygens (including phenoxy) is 2. The van der Waals surface area contributed by atoms with Crippen molar-refractivity contribution in [3.05, 3.63) is 53.1 Å². The van der Waals surface area contributed by atoms with E-state index in [-0.39, 0.29) is 18.2 Å². The molecule has 0 radical (unpaired) electrons. The monoisotopic (exact) mass is 507 g/mol. The van der Waals surface area contributed by atoms with Gasteiger partial charge < -0.3 is 24.3 Å². The number of imidazole rings is 1. The summed E-state index contributed by atoms with van der Waals surface area (Å²) in [5, 5.41) is 3.04. The summed E-state index contributed by atoms with van der Waals surface area (Å²) in [7, 11) is 2.85. The average molecular weight is 508 g/mol. The van der Waals surface area contributed by atoms with Crippen LogP contribution in [0.1, 0.15) is 67.0 Å². The van der Waals surface area contributed by atoms with Gasteiger partial charge in [-0.25, -0.2) is 14.6 Å². The fourth-order valence-corrected chi connectivity index (χ4v) is 7.82. The number of amides is 2. The highest BCUT2D eigenvalue weighted by Crippen LogP contribution is 2.67. The summed E-state index contributed by atoms with van der Waals surface area (Å²) in [6.45, 7) is 4.27. The molecule has 2 aliphatic carbocycles. The molecule has 2 saturated carbocycles. The molecule has 2 amide bonds. The third-order valence-corrected chi connectivity index (χ3v) is 9.50.